The molecule has 17 heavy (non-hydrogen) atoms. The van der Waals surface area contributed by atoms with Crippen LogP contribution in [0.5, 0.6) is 0 Å². The van der Waals surface area contributed by atoms with Crippen molar-refractivity contribution in [3.63, 3.8) is 0 Å². The summed E-state index contributed by atoms with van der Waals surface area (Å²) < 4.78 is 7.60. The highest BCUT2D eigenvalue weighted by Gasteiger charge is 2.21. The van der Waals surface area contributed by atoms with Crippen molar-refractivity contribution in [3.8, 4) is 0 Å². The lowest BCUT2D eigenvalue weighted by Gasteiger charge is -2.05. The van der Waals surface area contributed by atoms with Crippen LogP contribution in [0.25, 0.3) is 0 Å². The molecule has 0 radical (unpaired) electrons. The highest BCUT2D eigenvalue weighted by molar-refractivity contribution is 9.10. The zero-order valence-corrected chi connectivity index (χ0v) is 11.3. The first-order valence-electron chi connectivity index (χ1n) is 5.45. The van der Waals surface area contributed by atoms with Gasteiger partial charge in [0.15, 0.2) is 0 Å². The number of furan rings is 1. The van der Waals surface area contributed by atoms with Crippen molar-refractivity contribution in [1.82, 2.24) is 9.78 Å². The second-order valence-electron chi connectivity index (χ2n) is 3.78. The lowest BCUT2D eigenvalue weighted by molar-refractivity contribution is 0.102. The van der Waals surface area contributed by atoms with E-state index in [1.165, 1.54) is 6.26 Å². The first-order chi connectivity index (χ1) is 8.15. The number of rotatable bonds is 4. The molecule has 0 aliphatic heterocycles. The molecule has 90 valence electrons. The van der Waals surface area contributed by atoms with Gasteiger partial charge in [-0.25, -0.2) is 0 Å². The van der Waals surface area contributed by atoms with Gasteiger partial charge in [-0.1, -0.05) is 6.92 Å². The van der Waals surface area contributed by atoms with Gasteiger partial charge in [0.2, 0.25) is 5.78 Å². The van der Waals surface area contributed by atoms with Crippen molar-refractivity contribution in [2.45, 2.75) is 26.8 Å². The molecule has 0 aliphatic rings. The Morgan fingerprint density at radius 1 is 1.59 bits per heavy atom. The van der Waals surface area contributed by atoms with Crippen LogP contribution < -0.4 is 0 Å². The maximum atomic E-state index is 12.4. The first-order valence-corrected chi connectivity index (χ1v) is 6.24. The summed E-state index contributed by atoms with van der Waals surface area (Å²) in [4.78, 5) is 12.4. The topological polar surface area (TPSA) is 48.0 Å². The smallest absolute Gasteiger partial charge is 0.215 e. The van der Waals surface area contributed by atoms with E-state index in [2.05, 4.69) is 21.0 Å². The van der Waals surface area contributed by atoms with E-state index in [4.69, 9.17) is 4.42 Å². The van der Waals surface area contributed by atoms with E-state index < -0.39 is 0 Å². The summed E-state index contributed by atoms with van der Waals surface area (Å²) in [6.45, 7) is 4.55. The summed E-state index contributed by atoms with van der Waals surface area (Å²) in [6, 6.07) is 1.69. The molecular weight excluding hydrogens is 284 g/mol. The second-order valence-corrected chi connectivity index (χ2v) is 4.64. The number of hydrogen-bond acceptors (Lipinski definition) is 3. The first kappa shape index (κ1) is 12.1. The van der Waals surface area contributed by atoms with Gasteiger partial charge in [-0.05, 0) is 35.3 Å². The summed E-state index contributed by atoms with van der Waals surface area (Å²) in [7, 11) is 0. The van der Waals surface area contributed by atoms with Crippen LogP contribution in [0.15, 0.2) is 27.4 Å². The Labute approximate surface area is 108 Å². The number of aromatic nitrogens is 2. The summed E-state index contributed by atoms with van der Waals surface area (Å²) in [6.07, 6.45) is 4.11. The van der Waals surface area contributed by atoms with E-state index in [1.807, 2.05) is 6.92 Å². The van der Waals surface area contributed by atoms with E-state index in [0.717, 1.165) is 17.4 Å². The fourth-order valence-corrected chi connectivity index (χ4v) is 2.19. The molecule has 0 atom stereocenters. The number of ketones is 1. The van der Waals surface area contributed by atoms with Gasteiger partial charge in [-0.15, -0.1) is 0 Å². The summed E-state index contributed by atoms with van der Waals surface area (Å²) >= 11 is 3.36. The Balaban J connectivity index is 2.43. The Morgan fingerprint density at radius 3 is 2.94 bits per heavy atom. The van der Waals surface area contributed by atoms with Gasteiger partial charge in [0.25, 0.3) is 0 Å². The zero-order valence-electron chi connectivity index (χ0n) is 9.74. The third kappa shape index (κ3) is 2.20. The quantitative estimate of drug-likeness (QED) is 0.814. The molecule has 2 aromatic rings. The van der Waals surface area contributed by atoms with Gasteiger partial charge < -0.3 is 4.42 Å². The fourth-order valence-electron chi connectivity index (χ4n) is 1.72. The second kappa shape index (κ2) is 4.87. The molecule has 2 aromatic heterocycles. The predicted octanol–water partition coefficient (Wildman–Crippen LogP) is 3.19. The van der Waals surface area contributed by atoms with E-state index in [9.17, 15) is 4.79 Å². The van der Waals surface area contributed by atoms with Gasteiger partial charge in [0.1, 0.15) is 11.5 Å². The van der Waals surface area contributed by atoms with Crippen LogP contribution in [-0.4, -0.2) is 15.6 Å². The van der Waals surface area contributed by atoms with Gasteiger partial charge >= 0.3 is 0 Å². The molecular formula is C12H13BrN2O2. The maximum Gasteiger partial charge on any atom is 0.215 e. The zero-order chi connectivity index (χ0) is 12.4. The molecule has 0 unspecified atom stereocenters. The van der Waals surface area contributed by atoms with Gasteiger partial charge in [0, 0.05) is 6.54 Å². The minimum absolute atomic E-state index is 0.0610. The maximum absolute atomic E-state index is 12.4. The van der Waals surface area contributed by atoms with Crippen LogP contribution in [0.1, 0.15) is 35.2 Å². The molecule has 0 saturated carbocycles. The minimum Gasteiger partial charge on any atom is -0.469 e. The van der Waals surface area contributed by atoms with Crippen LogP contribution in [-0.2, 0) is 6.54 Å². The molecule has 5 heteroatoms. The largest absolute Gasteiger partial charge is 0.469 e. The van der Waals surface area contributed by atoms with Crippen molar-refractivity contribution in [2.24, 2.45) is 0 Å². The van der Waals surface area contributed by atoms with Crippen LogP contribution in [0, 0.1) is 6.92 Å². The third-order valence-corrected chi connectivity index (χ3v) is 3.13. The molecule has 0 aromatic carbocycles. The molecule has 4 nitrogen and oxygen atoms in total. The Morgan fingerprint density at radius 2 is 2.35 bits per heavy atom. The van der Waals surface area contributed by atoms with Crippen molar-refractivity contribution < 1.29 is 9.21 Å². The summed E-state index contributed by atoms with van der Waals surface area (Å²) in [5.74, 6) is 0.570. The van der Waals surface area contributed by atoms with Gasteiger partial charge in [-0.3, -0.25) is 9.48 Å². The lowest BCUT2D eigenvalue weighted by atomic mass is 10.1. The third-order valence-electron chi connectivity index (χ3n) is 2.55. The van der Waals surface area contributed by atoms with Crippen LogP contribution >= 0.6 is 15.9 Å². The van der Waals surface area contributed by atoms with Crippen molar-refractivity contribution in [2.75, 3.05) is 0 Å². The Bertz CT molecular complexity index is 542. The van der Waals surface area contributed by atoms with E-state index in [1.54, 1.807) is 23.9 Å². The van der Waals surface area contributed by atoms with Gasteiger partial charge in [-0.2, -0.15) is 5.10 Å². The average Bonchev–Trinajstić information content (AvgIpc) is 2.86. The lowest BCUT2D eigenvalue weighted by Crippen LogP contribution is -2.12. The molecule has 0 fully saturated rings. The van der Waals surface area contributed by atoms with E-state index >= 15 is 0 Å². The highest BCUT2D eigenvalue weighted by atomic mass is 79.9. The van der Waals surface area contributed by atoms with E-state index in [-0.39, 0.29) is 5.78 Å². The van der Waals surface area contributed by atoms with Crippen molar-refractivity contribution in [3.05, 3.63) is 40.0 Å². The highest BCUT2D eigenvalue weighted by Crippen LogP contribution is 2.22. The molecule has 0 bridgehead atoms. The minimum atomic E-state index is -0.0610. The Kier molecular flexibility index (Phi) is 3.47. The normalized spacial score (nSPS) is 10.8. The number of carbonyl (C=O) groups is 1. The molecule has 0 saturated heterocycles. The van der Waals surface area contributed by atoms with Crippen LogP contribution in [0.3, 0.4) is 0 Å². The van der Waals surface area contributed by atoms with Gasteiger partial charge in [0.05, 0.1) is 22.5 Å². The molecule has 2 rings (SSSR count). The van der Waals surface area contributed by atoms with Crippen LogP contribution in [0.4, 0.5) is 0 Å². The number of nitrogens with zero attached hydrogens (tertiary/aromatic N) is 2. The number of hydrogen-bond donors (Lipinski definition) is 0. The molecule has 0 spiro atoms. The van der Waals surface area contributed by atoms with Crippen LogP contribution in [0.2, 0.25) is 0 Å². The standard InChI is InChI=1S/C12H13BrN2O2/c1-3-5-15-11(10(13)7-14-15)12(16)9-4-6-17-8(9)2/h4,6-7H,3,5H2,1-2H3. The van der Waals surface area contributed by atoms with E-state index in [0.29, 0.717) is 17.0 Å². The Hall–Kier alpha value is -1.36. The molecule has 0 amide bonds. The summed E-state index contributed by atoms with van der Waals surface area (Å²) in [5.41, 5.74) is 1.17. The average molecular weight is 297 g/mol. The molecule has 0 N–H and O–H groups in total. The molecule has 0 aliphatic carbocycles. The summed E-state index contributed by atoms with van der Waals surface area (Å²) in [5, 5.41) is 4.18. The SMILES string of the molecule is CCCn1ncc(Br)c1C(=O)c1ccoc1C. The monoisotopic (exact) mass is 296 g/mol. The number of carbonyl (C=O) groups excluding carboxylic acids is 1. The van der Waals surface area contributed by atoms with Crippen molar-refractivity contribution >= 4 is 21.7 Å². The molecule has 2 heterocycles. The van der Waals surface area contributed by atoms with Crippen molar-refractivity contribution in [1.29, 1.82) is 0 Å². The number of aryl methyl sites for hydroxylation is 2. The fraction of sp³-hybridized carbons (Fsp3) is 0.333. The number of halogens is 1. The predicted molar refractivity (Wildman–Crippen MR) is 67.1 cm³/mol.